The van der Waals surface area contributed by atoms with Gasteiger partial charge in [0, 0.05) is 13.7 Å². The number of ether oxygens (including phenoxy) is 1. The van der Waals surface area contributed by atoms with E-state index in [2.05, 4.69) is 15.6 Å². The van der Waals surface area contributed by atoms with Crippen LogP contribution in [0.25, 0.3) is 0 Å². The van der Waals surface area contributed by atoms with Crippen LogP contribution in [0.1, 0.15) is 31.0 Å². The Labute approximate surface area is 89.8 Å². The summed E-state index contributed by atoms with van der Waals surface area (Å²) < 4.78 is 7.45. The first kappa shape index (κ1) is 10.6. The molecular formula is C10H18N4O. The molecule has 5 heteroatoms. The highest BCUT2D eigenvalue weighted by Gasteiger charge is 2.22. The van der Waals surface area contributed by atoms with Crippen molar-refractivity contribution >= 4 is 0 Å². The van der Waals surface area contributed by atoms with Crippen LogP contribution in [-0.4, -0.2) is 34.8 Å². The van der Waals surface area contributed by atoms with E-state index in [1.165, 1.54) is 12.8 Å². The normalized spacial score (nSPS) is 23.2. The molecule has 0 bridgehead atoms. The maximum atomic E-state index is 5.63. The maximum absolute atomic E-state index is 5.63. The Morgan fingerprint density at radius 3 is 3.13 bits per heavy atom. The fourth-order valence-electron chi connectivity index (χ4n) is 2.09. The Hall–Kier alpha value is -0.940. The molecule has 0 radical (unpaired) electrons. The van der Waals surface area contributed by atoms with E-state index in [-0.39, 0.29) is 6.04 Å². The molecule has 84 valence electrons. The molecule has 1 aromatic rings. The van der Waals surface area contributed by atoms with Crippen LogP contribution in [0, 0.1) is 0 Å². The number of rotatable bonds is 4. The first-order valence-electron chi connectivity index (χ1n) is 5.44. The Bertz CT molecular complexity index is 306. The highest BCUT2D eigenvalue weighted by atomic mass is 16.5. The molecule has 2 atom stereocenters. The smallest absolute Gasteiger partial charge is 0.0754 e. The van der Waals surface area contributed by atoms with Crippen LogP contribution in [0.4, 0.5) is 0 Å². The van der Waals surface area contributed by atoms with Crippen molar-refractivity contribution < 1.29 is 4.74 Å². The van der Waals surface area contributed by atoms with Gasteiger partial charge in [0.25, 0.3) is 0 Å². The van der Waals surface area contributed by atoms with Crippen LogP contribution in [-0.2, 0) is 11.8 Å². The number of aryl methyl sites for hydroxylation is 1. The molecule has 1 aromatic heterocycles. The lowest BCUT2D eigenvalue weighted by atomic mass is 10.0. The number of nitrogens with zero attached hydrogens (tertiary/aromatic N) is 3. The van der Waals surface area contributed by atoms with Gasteiger partial charge in [-0.05, 0) is 26.3 Å². The van der Waals surface area contributed by atoms with E-state index in [0.717, 1.165) is 18.7 Å². The van der Waals surface area contributed by atoms with E-state index in [1.807, 2.05) is 25.0 Å². The molecule has 0 aliphatic carbocycles. The third-order valence-electron chi connectivity index (χ3n) is 2.98. The van der Waals surface area contributed by atoms with Crippen molar-refractivity contribution in [1.82, 2.24) is 20.3 Å². The average molecular weight is 210 g/mol. The van der Waals surface area contributed by atoms with E-state index < -0.39 is 0 Å². The van der Waals surface area contributed by atoms with Gasteiger partial charge in [0.15, 0.2) is 0 Å². The van der Waals surface area contributed by atoms with Gasteiger partial charge in [-0.2, -0.15) is 0 Å². The summed E-state index contributed by atoms with van der Waals surface area (Å²) in [6.07, 6.45) is 5.56. The lowest BCUT2D eigenvalue weighted by Gasteiger charge is -2.19. The summed E-state index contributed by atoms with van der Waals surface area (Å²) in [6, 6.07) is 0.285. The average Bonchev–Trinajstić information content (AvgIpc) is 2.85. The Balaban J connectivity index is 2.00. The predicted molar refractivity (Wildman–Crippen MR) is 56.4 cm³/mol. The summed E-state index contributed by atoms with van der Waals surface area (Å²) in [5, 5.41) is 11.1. The fourth-order valence-corrected chi connectivity index (χ4v) is 2.09. The highest BCUT2D eigenvalue weighted by Crippen LogP contribution is 2.23. The fraction of sp³-hybridized carbons (Fsp3) is 0.800. The second kappa shape index (κ2) is 4.72. The monoisotopic (exact) mass is 210 g/mol. The molecule has 0 saturated carbocycles. The van der Waals surface area contributed by atoms with Crippen LogP contribution < -0.4 is 5.32 Å². The van der Waals surface area contributed by atoms with Crippen molar-refractivity contribution in [3.63, 3.8) is 0 Å². The topological polar surface area (TPSA) is 52.0 Å². The van der Waals surface area contributed by atoms with Gasteiger partial charge in [-0.15, -0.1) is 5.10 Å². The van der Waals surface area contributed by atoms with E-state index in [4.69, 9.17) is 4.74 Å². The van der Waals surface area contributed by atoms with Crippen molar-refractivity contribution in [3.05, 3.63) is 11.9 Å². The zero-order chi connectivity index (χ0) is 10.7. The summed E-state index contributed by atoms with van der Waals surface area (Å²) in [6.45, 7) is 0.907. The van der Waals surface area contributed by atoms with Crippen molar-refractivity contribution in [2.45, 2.75) is 31.4 Å². The summed E-state index contributed by atoms with van der Waals surface area (Å²) in [5.41, 5.74) is 1.12. The maximum Gasteiger partial charge on any atom is 0.0754 e. The molecule has 5 nitrogen and oxygen atoms in total. The van der Waals surface area contributed by atoms with Gasteiger partial charge in [0.05, 0.1) is 24.0 Å². The van der Waals surface area contributed by atoms with Gasteiger partial charge in [-0.3, -0.25) is 4.68 Å². The minimum Gasteiger partial charge on any atom is -0.378 e. The lowest BCUT2D eigenvalue weighted by Crippen LogP contribution is -2.24. The molecule has 1 aliphatic heterocycles. The van der Waals surface area contributed by atoms with E-state index >= 15 is 0 Å². The molecule has 0 aromatic carbocycles. The van der Waals surface area contributed by atoms with Crippen molar-refractivity contribution in [3.8, 4) is 0 Å². The lowest BCUT2D eigenvalue weighted by molar-refractivity contribution is 0.0946. The molecular weight excluding hydrogens is 192 g/mol. The Morgan fingerprint density at radius 1 is 1.73 bits per heavy atom. The van der Waals surface area contributed by atoms with Gasteiger partial charge in [0.1, 0.15) is 0 Å². The SMILES string of the molecule is CNC(CC1CCCO1)c1cnnn1C. The van der Waals surface area contributed by atoms with Crippen molar-refractivity contribution in [2.75, 3.05) is 13.7 Å². The zero-order valence-corrected chi connectivity index (χ0v) is 9.31. The number of hydrogen-bond donors (Lipinski definition) is 1. The van der Waals surface area contributed by atoms with Crippen LogP contribution in [0.2, 0.25) is 0 Å². The molecule has 2 heterocycles. The Morgan fingerprint density at radius 2 is 2.60 bits per heavy atom. The quantitative estimate of drug-likeness (QED) is 0.792. The summed E-state index contributed by atoms with van der Waals surface area (Å²) >= 11 is 0. The van der Waals surface area contributed by atoms with Crippen LogP contribution >= 0.6 is 0 Å². The number of hydrogen-bond acceptors (Lipinski definition) is 4. The minimum absolute atomic E-state index is 0.285. The van der Waals surface area contributed by atoms with Gasteiger partial charge in [-0.1, -0.05) is 5.21 Å². The Kier molecular flexibility index (Phi) is 3.33. The first-order valence-corrected chi connectivity index (χ1v) is 5.44. The zero-order valence-electron chi connectivity index (χ0n) is 9.31. The molecule has 2 rings (SSSR count). The summed E-state index contributed by atoms with van der Waals surface area (Å²) in [7, 11) is 3.88. The van der Waals surface area contributed by atoms with Crippen molar-refractivity contribution in [2.24, 2.45) is 7.05 Å². The van der Waals surface area contributed by atoms with Gasteiger partial charge in [0.2, 0.25) is 0 Å². The van der Waals surface area contributed by atoms with E-state index in [0.29, 0.717) is 6.10 Å². The molecule has 2 unspecified atom stereocenters. The minimum atomic E-state index is 0.285. The van der Waals surface area contributed by atoms with Gasteiger partial charge >= 0.3 is 0 Å². The molecule has 1 N–H and O–H groups in total. The number of aromatic nitrogens is 3. The van der Waals surface area contributed by atoms with Crippen molar-refractivity contribution in [1.29, 1.82) is 0 Å². The van der Waals surface area contributed by atoms with E-state index in [1.54, 1.807) is 0 Å². The predicted octanol–water partition coefficient (Wildman–Crippen LogP) is 0.645. The molecule has 1 fully saturated rings. The van der Waals surface area contributed by atoms with Crippen LogP contribution in [0.3, 0.4) is 0 Å². The van der Waals surface area contributed by atoms with Crippen LogP contribution in [0.15, 0.2) is 6.20 Å². The molecule has 0 amide bonds. The molecule has 0 spiro atoms. The third-order valence-corrected chi connectivity index (χ3v) is 2.98. The molecule has 1 saturated heterocycles. The van der Waals surface area contributed by atoms with Gasteiger partial charge < -0.3 is 10.1 Å². The molecule has 15 heavy (non-hydrogen) atoms. The largest absolute Gasteiger partial charge is 0.378 e. The first-order chi connectivity index (χ1) is 7.31. The summed E-state index contributed by atoms with van der Waals surface area (Å²) in [5.74, 6) is 0. The highest BCUT2D eigenvalue weighted by molar-refractivity contribution is 5.02. The van der Waals surface area contributed by atoms with E-state index in [9.17, 15) is 0 Å². The second-order valence-electron chi connectivity index (χ2n) is 3.99. The molecule has 1 aliphatic rings. The van der Waals surface area contributed by atoms with Crippen LogP contribution in [0.5, 0.6) is 0 Å². The summed E-state index contributed by atoms with van der Waals surface area (Å²) in [4.78, 5) is 0. The third kappa shape index (κ3) is 2.35. The van der Waals surface area contributed by atoms with Gasteiger partial charge in [-0.25, -0.2) is 0 Å². The standard InChI is InChI=1S/C10H18N4O/c1-11-9(6-8-4-3-5-15-8)10-7-12-13-14(10)2/h7-9,11H,3-6H2,1-2H3. The number of nitrogens with one attached hydrogen (secondary N) is 1. The second-order valence-corrected chi connectivity index (χ2v) is 3.99.